The third kappa shape index (κ3) is 1.41. The fraction of sp³-hybridized carbons (Fsp3) is 0.368. The maximum absolute atomic E-state index is 12.9. The van der Waals surface area contributed by atoms with Crippen LogP contribution in [0.1, 0.15) is 19.3 Å². The van der Waals surface area contributed by atoms with Crippen LogP contribution in [-0.4, -0.2) is 11.8 Å². The SMILES string of the molecule is O=C1[C@@H]2[C@H]3CC[C@@H](C3)[C@H]2C(=O)N1c1cccc2ccccc12. The van der Waals surface area contributed by atoms with Crippen LogP contribution in [-0.2, 0) is 9.59 Å². The molecule has 3 heteroatoms. The van der Waals surface area contributed by atoms with Crippen molar-refractivity contribution in [3.63, 3.8) is 0 Å². The number of nitrogens with zero attached hydrogens (tertiary/aromatic N) is 1. The van der Waals surface area contributed by atoms with Gasteiger partial charge in [-0.1, -0.05) is 36.4 Å². The Kier molecular flexibility index (Phi) is 2.36. The molecule has 0 radical (unpaired) electrons. The van der Waals surface area contributed by atoms with Gasteiger partial charge in [0.15, 0.2) is 0 Å². The van der Waals surface area contributed by atoms with E-state index in [-0.39, 0.29) is 23.7 Å². The molecule has 4 atom stereocenters. The van der Waals surface area contributed by atoms with Crippen LogP contribution in [0.5, 0.6) is 0 Å². The van der Waals surface area contributed by atoms with Gasteiger partial charge in [0.1, 0.15) is 0 Å². The van der Waals surface area contributed by atoms with Gasteiger partial charge in [0.25, 0.3) is 0 Å². The number of hydrogen-bond donors (Lipinski definition) is 0. The predicted octanol–water partition coefficient (Wildman–Crippen LogP) is 3.38. The highest BCUT2D eigenvalue weighted by Gasteiger charge is 2.61. The van der Waals surface area contributed by atoms with Crippen molar-refractivity contribution in [3.8, 4) is 0 Å². The summed E-state index contributed by atoms with van der Waals surface area (Å²) in [5.74, 6) is 0.852. The van der Waals surface area contributed by atoms with Gasteiger partial charge < -0.3 is 0 Å². The standard InChI is InChI=1S/C19H17NO2/c21-18-16-12-8-9-13(10-12)17(16)19(22)20(18)15-7-3-5-11-4-1-2-6-14(11)15/h1-7,12-13,16-17H,8-10H2/t12-,13-,16+,17+/m0/s1. The molecule has 3 fully saturated rings. The molecule has 0 spiro atoms. The van der Waals surface area contributed by atoms with Crippen molar-refractivity contribution in [1.29, 1.82) is 0 Å². The Labute approximate surface area is 128 Å². The molecule has 110 valence electrons. The van der Waals surface area contributed by atoms with Gasteiger partial charge in [-0.05, 0) is 42.6 Å². The molecule has 2 aromatic rings. The Morgan fingerprint density at radius 3 is 2.18 bits per heavy atom. The van der Waals surface area contributed by atoms with E-state index in [4.69, 9.17) is 0 Å². The molecule has 2 aliphatic carbocycles. The van der Waals surface area contributed by atoms with E-state index >= 15 is 0 Å². The van der Waals surface area contributed by atoms with E-state index < -0.39 is 0 Å². The van der Waals surface area contributed by atoms with E-state index in [1.165, 1.54) is 4.90 Å². The number of anilines is 1. The van der Waals surface area contributed by atoms with E-state index in [9.17, 15) is 9.59 Å². The summed E-state index contributed by atoms with van der Waals surface area (Å²) in [6.07, 6.45) is 3.32. The number of carbonyl (C=O) groups excluding carboxylic acids is 2. The summed E-state index contributed by atoms with van der Waals surface area (Å²) in [6, 6.07) is 13.8. The van der Waals surface area contributed by atoms with E-state index in [2.05, 4.69) is 0 Å². The molecule has 5 rings (SSSR count). The van der Waals surface area contributed by atoms with Gasteiger partial charge in [-0.2, -0.15) is 0 Å². The monoisotopic (exact) mass is 291 g/mol. The lowest BCUT2D eigenvalue weighted by atomic mass is 9.81. The number of fused-ring (bicyclic) bond motifs is 6. The number of amides is 2. The van der Waals surface area contributed by atoms with Gasteiger partial charge >= 0.3 is 0 Å². The zero-order chi connectivity index (χ0) is 14.8. The minimum absolute atomic E-state index is 0.0403. The van der Waals surface area contributed by atoms with Crippen molar-refractivity contribution in [2.75, 3.05) is 4.90 Å². The first kappa shape index (κ1) is 12.4. The summed E-state index contributed by atoms with van der Waals surface area (Å²) in [6.45, 7) is 0. The first-order chi connectivity index (χ1) is 10.8. The predicted molar refractivity (Wildman–Crippen MR) is 84.3 cm³/mol. The van der Waals surface area contributed by atoms with Crippen LogP contribution in [0, 0.1) is 23.7 Å². The quantitative estimate of drug-likeness (QED) is 0.755. The highest BCUT2D eigenvalue weighted by Crippen LogP contribution is 2.56. The van der Waals surface area contributed by atoms with Gasteiger partial charge in [0.05, 0.1) is 17.5 Å². The molecule has 1 saturated heterocycles. The number of imide groups is 1. The lowest BCUT2D eigenvalue weighted by Gasteiger charge is -2.19. The molecule has 1 aliphatic heterocycles. The normalized spacial score (nSPS) is 33.0. The number of rotatable bonds is 1. The van der Waals surface area contributed by atoms with Crippen LogP contribution in [0.25, 0.3) is 10.8 Å². The molecule has 1 heterocycles. The lowest BCUT2D eigenvalue weighted by Crippen LogP contribution is -2.32. The largest absolute Gasteiger partial charge is 0.274 e. The summed E-state index contributed by atoms with van der Waals surface area (Å²) in [4.78, 5) is 27.4. The average molecular weight is 291 g/mol. The van der Waals surface area contributed by atoms with Crippen LogP contribution < -0.4 is 4.90 Å². The van der Waals surface area contributed by atoms with Gasteiger partial charge in [-0.3, -0.25) is 9.59 Å². The number of benzene rings is 2. The molecule has 2 bridgehead atoms. The zero-order valence-electron chi connectivity index (χ0n) is 12.2. The van der Waals surface area contributed by atoms with Crippen LogP contribution in [0.15, 0.2) is 42.5 Å². The molecule has 3 aliphatic rings. The Morgan fingerprint density at radius 1 is 0.818 bits per heavy atom. The second-order valence-electron chi connectivity index (χ2n) is 6.89. The van der Waals surface area contributed by atoms with Gasteiger partial charge in [-0.25, -0.2) is 4.90 Å². The molecule has 2 aromatic carbocycles. The highest BCUT2D eigenvalue weighted by atomic mass is 16.2. The second kappa shape index (κ2) is 4.19. The maximum atomic E-state index is 12.9. The Hall–Kier alpha value is -2.16. The number of carbonyl (C=O) groups is 2. The molecule has 0 unspecified atom stereocenters. The average Bonchev–Trinajstić information content (AvgIpc) is 3.21. The molecule has 2 saturated carbocycles. The Bertz CT molecular complexity index is 779. The van der Waals surface area contributed by atoms with Crippen molar-refractivity contribution in [2.45, 2.75) is 19.3 Å². The first-order valence-electron chi connectivity index (χ1n) is 8.11. The minimum Gasteiger partial charge on any atom is -0.274 e. The Morgan fingerprint density at radius 2 is 1.45 bits per heavy atom. The van der Waals surface area contributed by atoms with E-state index in [1.54, 1.807) is 0 Å². The summed E-state index contributed by atoms with van der Waals surface area (Å²) in [5, 5.41) is 2.06. The highest BCUT2D eigenvalue weighted by molar-refractivity contribution is 6.25. The summed E-state index contributed by atoms with van der Waals surface area (Å²) in [5.41, 5.74) is 0.766. The van der Waals surface area contributed by atoms with E-state index in [0.717, 1.165) is 35.7 Å². The topological polar surface area (TPSA) is 37.4 Å². The fourth-order valence-corrected chi connectivity index (χ4v) is 5.05. The van der Waals surface area contributed by atoms with E-state index in [1.807, 2.05) is 42.5 Å². The fourth-order valence-electron chi connectivity index (χ4n) is 5.05. The molecule has 3 nitrogen and oxygen atoms in total. The van der Waals surface area contributed by atoms with Gasteiger partial charge in [-0.15, -0.1) is 0 Å². The van der Waals surface area contributed by atoms with E-state index in [0.29, 0.717) is 11.8 Å². The van der Waals surface area contributed by atoms with Crippen molar-refractivity contribution >= 4 is 28.3 Å². The molecule has 0 N–H and O–H groups in total. The van der Waals surface area contributed by atoms with Crippen molar-refractivity contribution in [3.05, 3.63) is 42.5 Å². The second-order valence-corrected chi connectivity index (χ2v) is 6.89. The molecular weight excluding hydrogens is 274 g/mol. The number of hydrogen-bond acceptors (Lipinski definition) is 2. The third-order valence-corrected chi connectivity index (χ3v) is 5.93. The van der Waals surface area contributed by atoms with Crippen molar-refractivity contribution in [1.82, 2.24) is 0 Å². The van der Waals surface area contributed by atoms with Crippen molar-refractivity contribution < 1.29 is 9.59 Å². The zero-order valence-corrected chi connectivity index (χ0v) is 12.2. The van der Waals surface area contributed by atoms with Gasteiger partial charge in [0.2, 0.25) is 11.8 Å². The van der Waals surface area contributed by atoms with Crippen LogP contribution in [0.4, 0.5) is 5.69 Å². The van der Waals surface area contributed by atoms with Crippen LogP contribution in [0.2, 0.25) is 0 Å². The molecule has 0 aromatic heterocycles. The molecule has 22 heavy (non-hydrogen) atoms. The Balaban J connectivity index is 1.66. The lowest BCUT2D eigenvalue weighted by molar-refractivity contribution is -0.123. The third-order valence-electron chi connectivity index (χ3n) is 5.93. The van der Waals surface area contributed by atoms with Crippen molar-refractivity contribution in [2.24, 2.45) is 23.7 Å². The summed E-state index contributed by atoms with van der Waals surface area (Å²) in [7, 11) is 0. The van der Waals surface area contributed by atoms with Crippen LogP contribution in [0.3, 0.4) is 0 Å². The first-order valence-corrected chi connectivity index (χ1v) is 8.11. The minimum atomic E-state index is -0.0507. The molecule has 2 amide bonds. The van der Waals surface area contributed by atoms with Gasteiger partial charge in [0, 0.05) is 5.39 Å². The smallest absolute Gasteiger partial charge is 0.237 e. The maximum Gasteiger partial charge on any atom is 0.237 e. The summed E-state index contributed by atoms with van der Waals surface area (Å²) < 4.78 is 0. The summed E-state index contributed by atoms with van der Waals surface area (Å²) >= 11 is 0. The molecular formula is C19H17NO2. The van der Waals surface area contributed by atoms with Crippen LogP contribution >= 0.6 is 0 Å².